The Balaban J connectivity index is 2.13. The fourth-order valence-corrected chi connectivity index (χ4v) is 2.24. The van der Waals surface area contributed by atoms with Gasteiger partial charge in [0.2, 0.25) is 0 Å². The number of halogens is 2. The summed E-state index contributed by atoms with van der Waals surface area (Å²) in [5.74, 6) is 1.29. The predicted octanol–water partition coefficient (Wildman–Crippen LogP) is 4.68. The second-order valence-corrected chi connectivity index (χ2v) is 5.67. The fourth-order valence-electron chi connectivity index (χ4n) is 1.63. The molecule has 3 nitrogen and oxygen atoms in total. The molecule has 2 aromatic rings. The second-order valence-electron chi connectivity index (χ2n) is 4.09. The summed E-state index contributed by atoms with van der Waals surface area (Å²) < 4.78 is 12.3. The van der Waals surface area contributed by atoms with Crippen LogP contribution in [0.2, 0.25) is 0 Å². The first-order valence-corrected chi connectivity index (χ1v) is 7.56. The van der Waals surface area contributed by atoms with Gasteiger partial charge in [-0.3, -0.25) is 0 Å². The summed E-state index contributed by atoms with van der Waals surface area (Å²) in [7, 11) is 0. The highest BCUT2D eigenvalue weighted by Gasteiger charge is 2.16. The van der Waals surface area contributed by atoms with Gasteiger partial charge in [0.25, 0.3) is 0 Å². The molecule has 1 aromatic carbocycles. The number of ether oxygens (including phenoxy) is 1. The SMILES string of the molecule is CCCOc1ccc(C(O)c2cc(Br)c(Br)o2)cc1. The van der Waals surface area contributed by atoms with Crippen molar-refractivity contribution in [2.45, 2.75) is 19.4 Å². The summed E-state index contributed by atoms with van der Waals surface area (Å²) in [6, 6.07) is 9.11. The van der Waals surface area contributed by atoms with Gasteiger partial charge in [0.1, 0.15) is 17.6 Å². The van der Waals surface area contributed by atoms with Crippen molar-refractivity contribution in [2.24, 2.45) is 0 Å². The lowest BCUT2D eigenvalue weighted by molar-refractivity contribution is 0.187. The molecule has 0 fully saturated rings. The van der Waals surface area contributed by atoms with E-state index in [0.717, 1.165) is 22.2 Å². The third-order valence-corrected chi connectivity index (χ3v) is 4.31. The Labute approximate surface area is 128 Å². The number of hydrogen-bond donors (Lipinski definition) is 1. The molecule has 0 radical (unpaired) electrons. The summed E-state index contributed by atoms with van der Waals surface area (Å²) in [5, 5.41) is 10.2. The molecule has 0 aliphatic heterocycles. The van der Waals surface area contributed by atoms with E-state index in [1.54, 1.807) is 6.07 Å². The normalized spacial score (nSPS) is 12.4. The molecule has 2 rings (SSSR count). The molecule has 5 heteroatoms. The van der Waals surface area contributed by atoms with Gasteiger partial charge in [-0.2, -0.15) is 0 Å². The topological polar surface area (TPSA) is 42.6 Å². The van der Waals surface area contributed by atoms with Gasteiger partial charge in [-0.15, -0.1) is 0 Å². The second kappa shape index (κ2) is 6.59. The molecule has 0 amide bonds. The maximum absolute atomic E-state index is 10.2. The van der Waals surface area contributed by atoms with Crippen molar-refractivity contribution in [2.75, 3.05) is 6.61 Å². The van der Waals surface area contributed by atoms with Crippen LogP contribution in [-0.4, -0.2) is 11.7 Å². The predicted molar refractivity (Wildman–Crippen MR) is 80.4 cm³/mol. The molecule has 1 heterocycles. The first kappa shape index (κ1) is 14.6. The summed E-state index contributed by atoms with van der Waals surface area (Å²) >= 11 is 6.58. The minimum atomic E-state index is -0.789. The van der Waals surface area contributed by atoms with Crippen molar-refractivity contribution in [3.63, 3.8) is 0 Å². The Kier molecular flexibility index (Phi) is 5.07. The van der Waals surface area contributed by atoms with Crippen LogP contribution in [0.4, 0.5) is 0 Å². The van der Waals surface area contributed by atoms with E-state index in [-0.39, 0.29) is 0 Å². The van der Waals surface area contributed by atoms with E-state index in [0.29, 0.717) is 17.0 Å². The van der Waals surface area contributed by atoms with Crippen molar-refractivity contribution in [3.8, 4) is 5.75 Å². The summed E-state index contributed by atoms with van der Waals surface area (Å²) in [6.07, 6.45) is 0.182. The summed E-state index contributed by atoms with van der Waals surface area (Å²) in [4.78, 5) is 0. The zero-order chi connectivity index (χ0) is 13.8. The molecule has 0 aliphatic rings. The Morgan fingerprint density at radius 1 is 1.26 bits per heavy atom. The first-order valence-electron chi connectivity index (χ1n) is 5.97. The van der Waals surface area contributed by atoms with Crippen LogP contribution in [-0.2, 0) is 0 Å². The third-order valence-electron chi connectivity index (χ3n) is 2.60. The fraction of sp³-hybridized carbons (Fsp3) is 0.286. The van der Waals surface area contributed by atoms with Crippen molar-refractivity contribution < 1.29 is 14.3 Å². The molecule has 1 aromatic heterocycles. The molecule has 0 saturated carbocycles. The smallest absolute Gasteiger partial charge is 0.183 e. The zero-order valence-electron chi connectivity index (χ0n) is 10.4. The minimum Gasteiger partial charge on any atom is -0.494 e. The van der Waals surface area contributed by atoms with E-state index < -0.39 is 6.10 Å². The lowest BCUT2D eigenvalue weighted by Crippen LogP contribution is -1.99. The molecule has 19 heavy (non-hydrogen) atoms. The highest BCUT2D eigenvalue weighted by molar-refractivity contribution is 9.13. The number of furan rings is 1. The highest BCUT2D eigenvalue weighted by atomic mass is 79.9. The molecule has 0 saturated heterocycles. The maximum atomic E-state index is 10.2. The number of aliphatic hydroxyl groups is 1. The Hall–Kier alpha value is -0.780. The zero-order valence-corrected chi connectivity index (χ0v) is 13.6. The van der Waals surface area contributed by atoms with Crippen LogP contribution in [0, 0.1) is 0 Å². The number of rotatable bonds is 5. The largest absolute Gasteiger partial charge is 0.494 e. The maximum Gasteiger partial charge on any atom is 0.183 e. The molecule has 0 spiro atoms. The van der Waals surface area contributed by atoms with E-state index in [2.05, 4.69) is 38.8 Å². The van der Waals surface area contributed by atoms with E-state index >= 15 is 0 Å². The Morgan fingerprint density at radius 3 is 2.47 bits per heavy atom. The van der Waals surface area contributed by atoms with Crippen LogP contribution < -0.4 is 4.74 Å². The van der Waals surface area contributed by atoms with E-state index in [1.807, 2.05) is 24.3 Å². The van der Waals surface area contributed by atoms with Gasteiger partial charge in [-0.1, -0.05) is 19.1 Å². The first-order chi connectivity index (χ1) is 9.11. The van der Waals surface area contributed by atoms with Crippen LogP contribution in [0.5, 0.6) is 5.75 Å². The van der Waals surface area contributed by atoms with E-state index in [1.165, 1.54) is 0 Å². The van der Waals surface area contributed by atoms with Crippen molar-refractivity contribution >= 4 is 31.9 Å². The van der Waals surface area contributed by atoms with Crippen LogP contribution >= 0.6 is 31.9 Å². The standard InChI is InChI=1S/C14H14Br2O3/c1-2-7-18-10-5-3-9(4-6-10)13(17)12-8-11(15)14(16)19-12/h3-6,8,13,17H,2,7H2,1H3. The number of hydrogen-bond acceptors (Lipinski definition) is 3. The summed E-state index contributed by atoms with van der Waals surface area (Å²) in [5.41, 5.74) is 0.762. The Morgan fingerprint density at radius 2 is 1.95 bits per heavy atom. The average molecular weight is 390 g/mol. The van der Waals surface area contributed by atoms with Gasteiger partial charge in [0.15, 0.2) is 4.67 Å². The quantitative estimate of drug-likeness (QED) is 0.807. The van der Waals surface area contributed by atoms with Gasteiger partial charge in [-0.05, 0) is 62.0 Å². The molecule has 1 N–H and O–H groups in total. The lowest BCUT2D eigenvalue weighted by atomic mass is 10.1. The highest BCUT2D eigenvalue weighted by Crippen LogP contribution is 2.32. The molecule has 1 unspecified atom stereocenters. The van der Waals surface area contributed by atoms with Gasteiger partial charge < -0.3 is 14.3 Å². The van der Waals surface area contributed by atoms with E-state index in [4.69, 9.17) is 9.15 Å². The third kappa shape index (κ3) is 3.61. The van der Waals surface area contributed by atoms with Crippen LogP contribution in [0.15, 0.2) is 43.9 Å². The van der Waals surface area contributed by atoms with Crippen molar-refractivity contribution in [1.29, 1.82) is 0 Å². The van der Waals surface area contributed by atoms with Crippen molar-refractivity contribution in [3.05, 3.63) is 50.8 Å². The lowest BCUT2D eigenvalue weighted by Gasteiger charge is -2.09. The molecular weight excluding hydrogens is 376 g/mol. The van der Waals surface area contributed by atoms with Crippen LogP contribution in [0.25, 0.3) is 0 Å². The monoisotopic (exact) mass is 388 g/mol. The van der Waals surface area contributed by atoms with Crippen LogP contribution in [0.1, 0.15) is 30.8 Å². The number of aliphatic hydroxyl groups excluding tert-OH is 1. The molecule has 0 bridgehead atoms. The molecule has 0 aliphatic carbocycles. The van der Waals surface area contributed by atoms with Gasteiger partial charge in [-0.25, -0.2) is 0 Å². The molecule has 102 valence electrons. The Bertz CT molecular complexity index is 515. The van der Waals surface area contributed by atoms with E-state index in [9.17, 15) is 5.11 Å². The molecular formula is C14H14Br2O3. The average Bonchev–Trinajstić information content (AvgIpc) is 2.76. The molecule has 1 atom stereocenters. The van der Waals surface area contributed by atoms with Gasteiger partial charge in [0.05, 0.1) is 11.1 Å². The number of benzene rings is 1. The minimum absolute atomic E-state index is 0.487. The summed E-state index contributed by atoms with van der Waals surface area (Å²) in [6.45, 7) is 2.75. The van der Waals surface area contributed by atoms with Crippen molar-refractivity contribution in [1.82, 2.24) is 0 Å². The van der Waals surface area contributed by atoms with Crippen LogP contribution in [0.3, 0.4) is 0 Å². The van der Waals surface area contributed by atoms with Gasteiger partial charge in [0, 0.05) is 0 Å². The van der Waals surface area contributed by atoms with Gasteiger partial charge >= 0.3 is 0 Å².